The van der Waals surface area contributed by atoms with Crippen molar-refractivity contribution >= 4 is 44.8 Å². The van der Waals surface area contributed by atoms with Crippen LogP contribution in [0.1, 0.15) is 34.0 Å². The number of nitrogens with two attached hydrogens (primary N) is 1. The van der Waals surface area contributed by atoms with E-state index in [-0.39, 0.29) is 17.3 Å². The van der Waals surface area contributed by atoms with Gasteiger partial charge >= 0.3 is 0 Å². The van der Waals surface area contributed by atoms with E-state index in [0.717, 1.165) is 15.6 Å². The largest absolute Gasteiger partial charge is 0.368 e. The number of carbonyl (C=O) groups excluding carboxylic acids is 3. The number of nitrogens with one attached hydrogen (secondary N) is 1. The van der Waals surface area contributed by atoms with E-state index in [1.807, 2.05) is 6.92 Å². The molecule has 1 fully saturated rings. The highest BCUT2D eigenvalue weighted by Crippen LogP contribution is 2.30. The van der Waals surface area contributed by atoms with Crippen molar-refractivity contribution in [2.24, 2.45) is 5.73 Å². The molecule has 0 unspecified atom stereocenters. The van der Waals surface area contributed by atoms with Crippen molar-refractivity contribution in [1.29, 1.82) is 0 Å². The van der Waals surface area contributed by atoms with Crippen molar-refractivity contribution in [3.05, 3.63) is 39.3 Å². The first-order chi connectivity index (χ1) is 15.6. The van der Waals surface area contributed by atoms with E-state index in [2.05, 4.69) is 9.71 Å². The zero-order valence-corrected chi connectivity index (χ0v) is 20.0. The van der Waals surface area contributed by atoms with Crippen LogP contribution in [0.4, 0.5) is 5.69 Å². The van der Waals surface area contributed by atoms with Gasteiger partial charge in [-0.05, 0) is 38.0 Å². The molecule has 176 valence electrons. The highest BCUT2D eigenvalue weighted by atomic mass is 32.2. The molecule has 1 aromatic heterocycles. The molecule has 1 aromatic carbocycles. The molecule has 2 aromatic rings. The molecule has 0 radical (unpaired) electrons. The molecule has 33 heavy (non-hydrogen) atoms. The van der Waals surface area contributed by atoms with Gasteiger partial charge in [-0.3, -0.25) is 14.4 Å². The number of hydrogen-bond acceptors (Lipinski definition) is 7. The number of benzene rings is 1. The van der Waals surface area contributed by atoms with Crippen molar-refractivity contribution in [3.8, 4) is 0 Å². The zero-order valence-electron chi connectivity index (χ0n) is 18.3. The van der Waals surface area contributed by atoms with E-state index in [9.17, 15) is 22.8 Å². The zero-order chi connectivity index (χ0) is 23.9. The fraction of sp³-hybridized carbons (Fsp3) is 0.429. The summed E-state index contributed by atoms with van der Waals surface area (Å²) in [6, 6.07) is 2.83. The monoisotopic (exact) mass is 491 g/mol. The van der Waals surface area contributed by atoms with Gasteiger partial charge < -0.3 is 15.5 Å². The second-order valence-electron chi connectivity index (χ2n) is 8.12. The number of hydrogen-bond donors (Lipinski definition) is 2. The predicted octanol–water partition coefficient (Wildman–Crippen LogP) is 0.604. The van der Waals surface area contributed by atoms with Gasteiger partial charge in [-0.1, -0.05) is 6.07 Å². The van der Waals surface area contributed by atoms with E-state index < -0.39 is 27.9 Å². The summed E-state index contributed by atoms with van der Waals surface area (Å²) in [6.07, 6.45) is 1.63. The molecule has 2 aliphatic rings. The molecule has 1 atom stereocenters. The third kappa shape index (κ3) is 4.50. The second kappa shape index (κ2) is 8.84. The molecule has 3 heterocycles. The summed E-state index contributed by atoms with van der Waals surface area (Å²) in [5.74, 6) is -1.86. The van der Waals surface area contributed by atoms with Gasteiger partial charge in [0.2, 0.25) is 21.8 Å². The Kier molecular flexibility index (Phi) is 6.25. The summed E-state index contributed by atoms with van der Waals surface area (Å²) >= 11 is 1.47. The Hall–Kier alpha value is -2.83. The SMILES string of the molecule is Cc1nc2c(s1)CN(C(=O)[C@@H](NS(=O)(=O)c1cccc(N3CCCC3=O)c1C)C(N)=O)CC2. The van der Waals surface area contributed by atoms with Crippen LogP contribution in [0.15, 0.2) is 23.1 Å². The molecule has 10 nitrogen and oxygen atoms in total. The van der Waals surface area contributed by atoms with Gasteiger partial charge in [0, 0.05) is 36.5 Å². The topological polar surface area (TPSA) is 143 Å². The highest BCUT2D eigenvalue weighted by molar-refractivity contribution is 7.89. The van der Waals surface area contributed by atoms with Crippen LogP contribution in [0.3, 0.4) is 0 Å². The predicted molar refractivity (Wildman–Crippen MR) is 122 cm³/mol. The minimum Gasteiger partial charge on any atom is -0.368 e. The molecule has 0 bridgehead atoms. The van der Waals surface area contributed by atoms with Gasteiger partial charge in [-0.15, -0.1) is 11.3 Å². The molecule has 0 saturated carbocycles. The summed E-state index contributed by atoms with van der Waals surface area (Å²) in [5.41, 5.74) is 7.21. The fourth-order valence-electron chi connectivity index (χ4n) is 4.23. The molecule has 12 heteroatoms. The molecule has 4 rings (SSSR count). The number of fused-ring (bicyclic) bond motifs is 1. The third-order valence-electron chi connectivity index (χ3n) is 5.86. The Morgan fingerprint density at radius 3 is 2.64 bits per heavy atom. The number of aromatic nitrogens is 1. The number of anilines is 1. The number of sulfonamides is 1. The number of aryl methyl sites for hydroxylation is 1. The number of primary amides is 1. The summed E-state index contributed by atoms with van der Waals surface area (Å²) in [4.78, 5) is 45.6. The number of thiazole rings is 1. The minimum atomic E-state index is -4.29. The summed E-state index contributed by atoms with van der Waals surface area (Å²) < 4.78 is 28.6. The average Bonchev–Trinajstić information content (AvgIpc) is 3.35. The standard InChI is InChI=1S/C21H25N5O5S2/c1-12-15(26-9-4-7-18(26)27)5-3-6-17(12)33(30,31)24-19(20(22)28)21(29)25-10-8-14-16(11-25)32-13(2)23-14/h3,5-6,19,24H,4,7-11H2,1-2H3,(H2,22,28)/t19-/m0/s1. The first kappa shape index (κ1) is 23.3. The van der Waals surface area contributed by atoms with Crippen LogP contribution in [0.2, 0.25) is 0 Å². The van der Waals surface area contributed by atoms with E-state index in [0.29, 0.717) is 43.6 Å². The van der Waals surface area contributed by atoms with Gasteiger partial charge in [0.25, 0.3) is 5.91 Å². The molecule has 1 saturated heterocycles. The molecule has 0 spiro atoms. The van der Waals surface area contributed by atoms with Crippen LogP contribution in [-0.4, -0.2) is 55.2 Å². The summed E-state index contributed by atoms with van der Waals surface area (Å²) in [6.45, 7) is 4.53. The average molecular weight is 492 g/mol. The van der Waals surface area contributed by atoms with Gasteiger partial charge in [0.15, 0.2) is 6.04 Å². The van der Waals surface area contributed by atoms with E-state index in [1.54, 1.807) is 17.9 Å². The number of amides is 3. The van der Waals surface area contributed by atoms with Gasteiger partial charge in [0.1, 0.15) is 0 Å². The smallest absolute Gasteiger partial charge is 0.250 e. The molecule has 0 aliphatic carbocycles. The van der Waals surface area contributed by atoms with Gasteiger partial charge in [-0.2, -0.15) is 4.72 Å². The lowest BCUT2D eigenvalue weighted by atomic mass is 10.1. The Morgan fingerprint density at radius 1 is 1.21 bits per heavy atom. The first-order valence-electron chi connectivity index (χ1n) is 10.5. The summed E-state index contributed by atoms with van der Waals surface area (Å²) in [5, 5.41) is 0.883. The quantitative estimate of drug-likeness (QED) is 0.567. The Morgan fingerprint density at radius 2 is 1.97 bits per heavy atom. The van der Waals surface area contributed by atoms with E-state index in [1.165, 1.54) is 28.4 Å². The maximum Gasteiger partial charge on any atom is 0.250 e. The Balaban J connectivity index is 1.58. The second-order valence-corrected chi connectivity index (χ2v) is 11.1. The third-order valence-corrected chi connectivity index (χ3v) is 8.43. The van der Waals surface area contributed by atoms with Crippen molar-refractivity contribution in [2.75, 3.05) is 18.0 Å². The molecule has 2 aliphatic heterocycles. The van der Waals surface area contributed by atoms with Gasteiger partial charge in [-0.25, -0.2) is 13.4 Å². The number of rotatable bonds is 6. The lowest BCUT2D eigenvalue weighted by Gasteiger charge is -2.29. The van der Waals surface area contributed by atoms with Crippen molar-refractivity contribution in [2.45, 2.75) is 50.6 Å². The number of nitrogens with zero attached hydrogens (tertiary/aromatic N) is 3. The van der Waals surface area contributed by atoms with Crippen molar-refractivity contribution in [1.82, 2.24) is 14.6 Å². The molecule has 3 amide bonds. The highest BCUT2D eigenvalue weighted by Gasteiger charge is 2.36. The Labute approximate surface area is 195 Å². The van der Waals surface area contributed by atoms with Crippen LogP contribution >= 0.6 is 11.3 Å². The van der Waals surface area contributed by atoms with Crippen LogP contribution < -0.4 is 15.4 Å². The lowest BCUT2D eigenvalue weighted by molar-refractivity contribution is -0.138. The maximum atomic E-state index is 13.2. The molecular weight excluding hydrogens is 466 g/mol. The lowest BCUT2D eigenvalue weighted by Crippen LogP contribution is -2.55. The van der Waals surface area contributed by atoms with Crippen LogP contribution in [0.25, 0.3) is 0 Å². The normalized spacial score (nSPS) is 17.2. The van der Waals surface area contributed by atoms with Crippen LogP contribution in [0.5, 0.6) is 0 Å². The van der Waals surface area contributed by atoms with Gasteiger partial charge in [0.05, 0.1) is 22.1 Å². The van der Waals surface area contributed by atoms with Crippen molar-refractivity contribution < 1.29 is 22.8 Å². The Bertz CT molecular complexity index is 1240. The van der Waals surface area contributed by atoms with Crippen LogP contribution in [-0.2, 0) is 37.4 Å². The first-order valence-corrected chi connectivity index (χ1v) is 12.8. The van der Waals surface area contributed by atoms with E-state index >= 15 is 0 Å². The molecule has 3 N–H and O–H groups in total. The van der Waals surface area contributed by atoms with E-state index in [4.69, 9.17) is 5.73 Å². The fourth-order valence-corrected chi connectivity index (χ4v) is 6.65. The summed E-state index contributed by atoms with van der Waals surface area (Å²) in [7, 11) is -4.29. The maximum absolute atomic E-state index is 13.2. The number of carbonyl (C=O) groups is 3. The molecular formula is C21H25N5O5S2. The minimum absolute atomic E-state index is 0.0754. The van der Waals surface area contributed by atoms with Crippen molar-refractivity contribution in [3.63, 3.8) is 0 Å². The van der Waals surface area contributed by atoms with Crippen LogP contribution in [0, 0.1) is 13.8 Å².